The number of aryl methyl sites for hydroxylation is 2. The summed E-state index contributed by atoms with van der Waals surface area (Å²) in [7, 11) is -3.60. The SMILES string of the molecule is CCn1cc(S(=O)(=O)N2CCN(C(=O)c3ccco3)CC2)c(C)n1. The second-order valence-corrected chi connectivity index (χ2v) is 7.51. The first-order valence-corrected chi connectivity index (χ1v) is 9.24. The van der Waals surface area contributed by atoms with E-state index in [0.29, 0.717) is 25.3 Å². The Bertz CT molecular complexity index is 818. The van der Waals surface area contributed by atoms with Gasteiger partial charge in [-0.05, 0) is 26.0 Å². The average molecular weight is 352 g/mol. The third-order valence-corrected chi connectivity index (χ3v) is 6.10. The van der Waals surface area contributed by atoms with E-state index in [0.717, 1.165) is 0 Å². The van der Waals surface area contributed by atoms with Crippen LogP contribution in [0.4, 0.5) is 0 Å². The predicted molar refractivity (Wildman–Crippen MR) is 86.0 cm³/mol. The van der Waals surface area contributed by atoms with E-state index >= 15 is 0 Å². The Morgan fingerprint density at radius 2 is 2.00 bits per heavy atom. The molecule has 3 rings (SSSR count). The van der Waals surface area contributed by atoms with Gasteiger partial charge in [0.1, 0.15) is 4.90 Å². The van der Waals surface area contributed by atoms with Crippen LogP contribution in [-0.4, -0.2) is 59.5 Å². The minimum absolute atomic E-state index is 0.216. The van der Waals surface area contributed by atoms with E-state index in [4.69, 9.17) is 4.42 Å². The lowest BCUT2D eigenvalue weighted by Gasteiger charge is -2.33. The van der Waals surface area contributed by atoms with Crippen molar-refractivity contribution in [1.29, 1.82) is 0 Å². The summed E-state index contributed by atoms with van der Waals surface area (Å²) in [5, 5.41) is 4.20. The van der Waals surface area contributed by atoms with Crippen molar-refractivity contribution in [3.63, 3.8) is 0 Å². The molecule has 0 aromatic carbocycles. The van der Waals surface area contributed by atoms with Crippen LogP contribution < -0.4 is 0 Å². The number of amides is 1. The van der Waals surface area contributed by atoms with Crippen LogP contribution >= 0.6 is 0 Å². The highest BCUT2D eigenvalue weighted by Crippen LogP contribution is 2.21. The van der Waals surface area contributed by atoms with E-state index in [1.165, 1.54) is 10.6 Å². The van der Waals surface area contributed by atoms with Crippen molar-refractivity contribution in [2.45, 2.75) is 25.3 Å². The molecule has 1 aliphatic rings. The van der Waals surface area contributed by atoms with E-state index in [1.54, 1.807) is 34.8 Å². The van der Waals surface area contributed by atoms with E-state index in [2.05, 4.69) is 5.10 Å². The molecule has 0 spiro atoms. The molecular weight excluding hydrogens is 332 g/mol. The van der Waals surface area contributed by atoms with Gasteiger partial charge in [-0.1, -0.05) is 0 Å². The van der Waals surface area contributed by atoms with Gasteiger partial charge >= 0.3 is 0 Å². The number of piperazine rings is 1. The summed E-state index contributed by atoms with van der Waals surface area (Å²) in [5.74, 6) is 0.0541. The summed E-state index contributed by atoms with van der Waals surface area (Å²) in [6.45, 7) is 5.38. The van der Waals surface area contributed by atoms with Crippen molar-refractivity contribution < 1.29 is 17.6 Å². The average Bonchev–Trinajstić information content (AvgIpc) is 3.24. The van der Waals surface area contributed by atoms with Crippen molar-refractivity contribution >= 4 is 15.9 Å². The minimum atomic E-state index is -3.60. The number of aromatic nitrogens is 2. The standard InChI is InChI=1S/C15H20N4O4S/c1-3-18-11-14(12(2)16-18)24(21,22)19-8-6-17(7-9-19)15(20)13-5-4-10-23-13/h4-5,10-11H,3,6-9H2,1-2H3. The lowest BCUT2D eigenvalue weighted by Crippen LogP contribution is -2.50. The molecule has 1 amide bonds. The Balaban J connectivity index is 1.71. The molecule has 2 aromatic heterocycles. The highest BCUT2D eigenvalue weighted by atomic mass is 32.2. The molecule has 2 aromatic rings. The van der Waals surface area contributed by atoms with Crippen LogP contribution in [0.5, 0.6) is 0 Å². The van der Waals surface area contributed by atoms with Gasteiger partial charge in [0.25, 0.3) is 5.91 Å². The summed E-state index contributed by atoms with van der Waals surface area (Å²) >= 11 is 0. The van der Waals surface area contributed by atoms with Gasteiger partial charge in [0.2, 0.25) is 10.0 Å². The highest BCUT2D eigenvalue weighted by molar-refractivity contribution is 7.89. The van der Waals surface area contributed by atoms with Crippen LogP contribution in [0.2, 0.25) is 0 Å². The van der Waals surface area contributed by atoms with Gasteiger partial charge in [-0.3, -0.25) is 9.48 Å². The van der Waals surface area contributed by atoms with Gasteiger partial charge in [0.05, 0.1) is 12.0 Å². The van der Waals surface area contributed by atoms with Gasteiger partial charge in [-0.2, -0.15) is 9.40 Å². The number of sulfonamides is 1. The van der Waals surface area contributed by atoms with E-state index in [9.17, 15) is 13.2 Å². The largest absolute Gasteiger partial charge is 0.459 e. The van der Waals surface area contributed by atoms with Crippen LogP contribution in [0, 0.1) is 6.92 Å². The maximum atomic E-state index is 12.8. The Morgan fingerprint density at radius 1 is 1.29 bits per heavy atom. The Morgan fingerprint density at radius 3 is 2.54 bits per heavy atom. The Labute approximate surface area is 140 Å². The molecule has 8 nitrogen and oxygen atoms in total. The second-order valence-electron chi connectivity index (χ2n) is 5.61. The molecule has 0 saturated carbocycles. The van der Waals surface area contributed by atoms with Crippen LogP contribution in [0.3, 0.4) is 0 Å². The molecule has 0 unspecified atom stereocenters. The van der Waals surface area contributed by atoms with E-state index in [1.807, 2.05) is 6.92 Å². The molecule has 0 radical (unpaired) electrons. The molecule has 0 atom stereocenters. The van der Waals surface area contributed by atoms with Crippen molar-refractivity contribution in [1.82, 2.24) is 19.0 Å². The molecule has 1 aliphatic heterocycles. The monoisotopic (exact) mass is 352 g/mol. The number of furan rings is 1. The van der Waals surface area contributed by atoms with Crippen molar-refractivity contribution in [2.75, 3.05) is 26.2 Å². The zero-order chi connectivity index (χ0) is 17.3. The lowest BCUT2D eigenvalue weighted by molar-refractivity contribution is 0.0666. The van der Waals surface area contributed by atoms with Gasteiger partial charge in [-0.15, -0.1) is 0 Å². The summed E-state index contributed by atoms with van der Waals surface area (Å²) in [5.41, 5.74) is 0.492. The fraction of sp³-hybridized carbons (Fsp3) is 0.467. The topological polar surface area (TPSA) is 88.7 Å². The molecule has 24 heavy (non-hydrogen) atoms. The van der Waals surface area contributed by atoms with Crippen LogP contribution in [0.1, 0.15) is 23.2 Å². The molecule has 0 N–H and O–H groups in total. The zero-order valence-corrected chi connectivity index (χ0v) is 14.5. The normalized spacial score (nSPS) is 16.5. The van der Waals surface area contributed by atoms with Crippen molar-refractivity contribution in [3.8, 4) is 0 Å². The molecule has 9 heteroatoms. The fourth-order valence-corrected chi connectivity index (χ4v) is 4.33. The maximum absolute atomic E-state index is 12.8. The minimum Gasteiger partial charge on any atom is -0.459 e. The molecule has 0 aliphatic carbocycles. The predicted octanol–water partition coefficient (Wildman–Crippen LogP) is 0.951. The number of carbonyl (C=O) groups excluding carboxylic acids is 1. The van der Waals surface area contributed by atoms with Crippen LogP contribution in [-0.2, 0) is 16.6 Å². The molecule has 1 fully saturated rings. The summed E-state index contributed by atoms with van der Waals surface area (Å²) in [6, 6.07) is 3.26. The third-order valence-electron chi connectivity index (χ3n) is 4.10. The summed E-state index contributed by atoms with van der Waals surface area (Å²) in [4.78, 5) is 14.1. The second kappa shape index (κ2) is 6.40. The molecule has 0 bridgehead atoms. The molecule has 1 saturated heterocycles. The van der Waals surface area contributed by atoms with Crippen LogP contribution in [0.15, 0.2) is 33.9 Å². The first-order valence-electron chi connectivity index (χ1n) is 7.80. The van der Waals surface area contributed by atoms with E-state index < -0.39 is 10.0 Å². The van der Waals surface area contributed by atoms with Crippen molar-refractivity contribution in [2.24, 2.45) is 0 Å². The van der Waals surface area contributed by atoms with Gasteiger partial charge in [-0.25, -0.2) is 8.42 Å². The number of carbonyl (C=O) groups is 1. The number of hydrogen-bond donors (Lipinski definition) is 0. The molecule has 3 heterocycles. The van der Waals surface area contributed by atoms with Gasteiger partial charge in [0.15, 0.2) is 5.76 Å². The highest BCUT2D eigenvalue weighted by Gasteiger charge is 2.33. The molecule has 130 valence electrons. The fourth-order valence-electron chi connectivity index (χ4n) is 2.74. The Hall–Kier alpha value is -2.13. The lowest BCUT2D eigenvalue weighted by atomic mass is 10.3. The first kappa shape index (κ1) is 16.7. The van der Waals surface area contributed by atoms with E-state index in [-0.39, 0.29) is 29.7 Å². The summed E-state index contributed by atoms with van der Waals surface area (Å²) < 4.78 is 33.7. The molecular formula is C15H20N4O4S. The quantitative estimate of drug-likeness (QED) is 0.817. The van der Waals surface area contributed by atoms with Crippen molar-refractivity contribution in [3.05, 3.63) is 36.0 Å². The Kier molecular flexibility index (Phi) is 4.46. The smallest absolute Gasteiger partial charge is 0.289 e. The first-order chi connectivity index (χ1) is 11.4. The number of hydrogen-bond acceptors (Lipinski definition) is 5. The third kappa shape index (κ3) is 2.96. The zero-order valence-electron chi connectivity index (χ0n) is 13.7. The number of rotatable bonds is 4. The van der Waals surface area contributed by atoms with Gasteiger partial charge < -0.3 is 9.32 Å². The maximum Gasteiger partial charge on any atom is 0.289 e. The van der Waals surface area contributed by atoms with Gasteiger partial charge in [0, 0.05) is 38.9 Å². The summed E-state index contributed by atoms with van der Waals surface area (Å²) in [6.07, 6.45) is 3.01. The van der Waals surface area contributed by atoms with Crippen LogP contribution in [0.25, 0.3) is 0 Å². The number of nitrogens with zero attached hydrogens (tertiary/aromatic N) is 4.